The maximum absolute atomic E-state index is 12.6. The lowest BCUT2D eigenvalue weighted by Gasteiger charge is -2.19. The monoisotopic (exact) mass is 324 g/mol. The van der Waals surface area contributed by atoms with Crippen molar-refractivity contribution >= 4 is 17.8 Å². The molecule has 1 saturated heterocycles. The molecule has 4 rings (SSSR count). The molecule has 0 bridgehead atoms. The maximum Gasteiger partial charge on any atom is 0.258 e. The Labute approximate surface area is 140 Å². The number of aryl methyl sites for hydroxylation is 2. The molecule has 124 valence electrons. The lowest BCUT2D eigenvalue weighted by Crippen LogP contribution is -2.31. The second kappa shape index (κ2) is 6.19. The number of carbonyl (C=O) groups is 2. The van der Waals surface area contributed by atoms with E-state index in [1.807, 2.05) is 18.2 Å². The van der Waals surface area contributed by atoms with E-state index < -0.39 is 0 Å². The summed E-state index contributed by atoms with van der Waals surface area (Å²) in [6.45, 7) is 0. The van der Waals surface area contributed by atoms with Crippen LogP contribution in [0, 0.1) is 11.8 Å². The fourth-order valence-corrected chi connectivity index (χ4v) is 3.76. The number of carbonyl (C=O) groups excluding carboxylic acids is 2. The Hall–Kier alpha value is -2.50. The van der Waals surface area contributed by atoms with Crippen molar-refractivity contribution < 1.29 is 9.59 Å². The lowest BCUT2D eigenvalue weighted by molar-refractivity contribution is -0.122. The quantitative estimate of drug-likeness (QED) is 0.875. The van der Waals surface area contributed by atoms with E-state index in [1.54, 1.807) is 0 Å². The molecule has 1 aromatic carbocycles. The molecule has 0 unspecified atom stereocenters. The van der Waals surface area contributed by atoms with E-state index in [0.717, 1.165) is 32.1 Å². The number of nitrogens with zero attached hydrogens (tertiary/aromatic N) is 3. The molecular formula is C18H20N4O2. The molecule has 2 atom stereocenters. The highest BCUT2D eigenvalue weighted by Gasteiger charge is 2.50. The maximum atomic E-state index is 12.6. The van der Waals surface area contributed by atoms with Crippen LogP contribution in [0.15, 0.2) is 30.3 Å². The Bertz CT molecular complexity index is 731. The minimum absolute atomic E-state index is 0.127. The Kier molecular flexibility index (Phi) is 3.88. The van der Waals surface area contributed by atoms with Crippen LogP contribution in [0.5, 0.6) is 0 Å². The second-order valence-electron chi connectivity index (χ2n) is 6.58. The summed E-state index contributed by atoms with van der Waals surface area (Å²) < 4.78 is 0. The highest BCUT2D eigenvalue weighted by molar-refractivity contribution is 6.21. The average Bonchev–Trinajstić information content (AvgIpc) is 3.18. The fraction of sp³-hybridized carbons (Fsp3) is 0.444. The van der Waals surface area contributed by atoms with Gasteiger partial charge in [0.25, 0.3) is 5.95 Å². The zero-order chi connectivity index (χ0) is 16.5. The Morgan fingerprint density at radius 1 is 1.00 bits per heavy atom. The summed E-state index contributed by atoms with van der Waals surface area (Å²) in [5, 5.41) is 6.99. The van der Waals surface area contributed by atoms with Crippen molar-refractivity contribution in [1.82, 2.24) is 15.2 Å². The van der Waals surface area contributed by atoms with Gasteiger partial charge in [0.15, 0.2) is 0 Å². The van der Waals surface area contributed by atoms with Crippen molar-refractivity contribution in [2.24, 2.45) is 11.8 Å². The van der Waals surface area contributed by atoms with Gasteiger partial charge >= 0.3 is 0 Å². The first kappa shape index (κ1) is 15.1. The molecule has 2 heterocycles. The van der Waals surface area contributed by atoms with Crippen molar-refractivity contribution in [3.05, 3.63) is 41.7 Å². The van der Waals surface area contributed by atoms with Crippen LogP contribution < -0.4 is 4.90 Å². The van der Waals surface area contributed by atoms with Crippen molar-refractivity contribution in [1.29, 1.82) is 0 Å². The van der Waals surface area contributed by atoms with Gasteiger partial charge in [-0.25, -0.2) is 4.90 Å². The second-order valence-corrected chi connectivity index (χ2v) is 6.58. The Morgan fingerprint density at radius 3 is 2.33 bits per heavy atom. The van der Waals surface area contributed by atoms with E-state index in [0.29, 0.717) is 12.2 Å². The molecule has 0 radical (unpaired) electrons. The first-order chi connectivity index (χ1) is 11.7. The number of benzene rings is 1. The number of amides is 2. The molecule has 6 heteroatoms. The predicted molar refractivity (Wildman–Crippen MR) is 88.2 cm³/mol. The van der Waals surface area contributed by atoms with Crippen LogP contribution in [0.25, 0.3) is 0 Å². The van der Waals surface area contributed by atoms with Gasteiger partial charge in [0.2, 0.25) is 11.8 Å². The molecule has 1 aliphatic heterocycles. The molecular weight excluding hydrogens is 304 g/mol. The molecule has 2 aliphatic rings. The summed E-state index contributed by atoms with van der Waals surface area (Å²) in [6, 6.07) is 10.1. The number of aromatic amines is 1. The SMILES string of the molecule is O=C1[C@@H]2CCCC[C@H]2C(=O)N1c1n[nH]c(CCc2ccccc2)n1. The largest absolute Gasteiger partial charge is 0.274 e. The van der Waals surface area contributed by atoms with Gasteiger partial charge in [0, 0.05) is 6.42 Å². The van der Waals surface area contributed by atoms with Crippen LogP contribution in [-0.4, -0.2) is 27.0 Å². The van der Waals surface area contributed by atoms with E-state index in [1.165, 1.54) is 10.5 Å². The molecule has 2 fully saturated rings. The van der Waals surface area contributed by atoms with E-state index in [9.17, 15) is 9.59 Å². The standard InChI is InChI=1S/C18H20N4O2/c23-16-13-8-4-5-9-14(13)17(24)22(16)18-19-15(20-21-18)11-10-12-6-2-1-3-7-12/h1-3,6-7,13-14H,4-5,8-11H2,(H,19,20,21)/t13-,14-/m1/s1. The minimum atomic E-state index is -0.169. The van der Waals surface area contributed by atoms with Crippen LogP contribution in [0.1, 0.15) is 37.1 Å². The third-order valence-electron chi connectivity index (χ3n) is 5.05. The minimum Gasteiger partial charge on any atom is -0.274 e. The van der Waals surface area contributed by atoms with Gasteiger partial charge in [-0.3, -0.25) is 14.7 Å². The number of hydrogen-bond acceptors (Lipinski definition) is 4. The number of H-pyrrole nitrogens is 1. The van der Waals surface area contributed by atoms with Crippen LogP contribution >= 0.6 is 0 Å². The number of hydrogen-bond donors (Lipinski definition) is 1. The topological polar surface area (TPSA) is 79.0 Å². The summed E-state index contributed by atoms with van der Waals surface area (Å²) in [5.74, 6) is 0.318. The molecule has 1 N–H and O–H groups in total. The van der Waals surface area contributed by atoms with Crippen LogP contribution in [0.4, 0.5) is 5.95 Å². The van der Waals surface area contributed by atoms with Gasteiger partial charge < -0.3 is 0 Å². The average molecular weight is 324 g/mol. The van der Waals surface area contributed by atoms with Gasteiger partial charge in [-0.05, 0) is 24.8 Å². The van der Waals surface area contributed by atoms with Crippen molar-refractivity contribution in [2.45, 2.75) is 38.5 Å². The summed E-state index contributed by atoms with van der Waals surface area (Å²) in [6.07, 6.45) is 5.17. The zero-order valence-electron chi connectivity index (χ0n) is 13.4. The molecule has 6 nitrogen and oxygen atoms in total. The molecule has 2 aromatic rings. The van der Waals surface area contributed by atoms with Gasteiger partial charge in [-0.15, -0.1) is 5.10 Å². The first-order valence-corrected chi connectivity index (χ1v) is 8.57. The number of nitrogens with one attached hydrogen (secondary N) is 1. The van der Waals surface area contributed by atoms with Gasteiger partial charge in [0.05, 0.1) is 11.8 Å². The van der Waals surface area contributed by atoms with Crippen LogP contribution in [-0.2, 0) is 22.4 Å². The van der Waals surface area contributed by atoms with E-state index in [-0.39, 0.29) is 29.6 Å². The smallest absolute Gasteiger partial charge is 0.258 e. The third-order valence-corrected chi connectivity index (χ3v) is 5.05. The summed E-state index contributed by atoms with van der Waals surface area (Å²) in [5.41, 5.74) is 1.22. The fourth-order valence-electron chi connectivity index (χ4n) is 3.76. The molecule has 1 aliphatic carbocycles. The number of imide groups is 1. The lowest BCUT2D eigenvalue weighted by atomic mass is 9.81. The first-order valence-electron chi connectivity index (χ1n) is 8.57. The number of anilines is 1. The summed E-state index contributed by atoms with van der Waals surface area (Å²) >= 11 is 0. The Morgan fingerprint density at radius 2 is 1.67 bits per heavy atom. The molecule has 24 heavy (non-hydrogen) atoms. The van der Waals surface area contributed by atoms with E-state index in [4.69, 9.17) is 0 Å². The highest BCUT2D eigenvalue weighted by atomic mass is 16.2. The van der Waals surface area contributed by atoms with E-state index in [2.05, 4.69) is 27.3 Å². The normalized spacial score (nSPS) is 23.6. The number of rotatable bonds is 4. The molecule has 1 aromatic heterocycles. The van der Waals surface area contributed by atoms with Gasteiger partial charge in [-0.2, -0.15) is 4.98 Å². The highest BCUT2D eigenvalue weighted by Crippen LogP contribution is 2.39. The predicted octanol–water partition coefficient (Wildman–Crippen LogP) is 2.27. The molecule has 1 saturated carbocycles. The summed E-state index contributed by atoms with van der Waals surface area (Å²) in [7, 11) is 0. The third kappa shape index (κ3) is 2.62. The van der Waals surface area contributed by atoms with Crippen molar-refractivity contribution in [3.63, 3.8) is 0 Å². The van der Waals surface area contributed by atoms with E-state index >= 15 is 0 Å². The molecule has 2 amide bonds. The van der Waals surface area contributed by atoms with Crippen molar-refractivity contribution in [2.75, 3.05) is 4.90 Å². The van der Waals surface area contributed by atoms with Crippen LogP contribution in [0.3, 0.4) is 0 Å². The summed E-state index contributed by atoms with van der Waals surface area (Å²) in [4.78, 5) is 30.7. The number of aromatic nitrogens is 3. The number of fused-ring (bicyclic) bond motifs is 1. The van der Waals surface area contributed by atoms with Crippen molar-refractivity contribution in [3.8, 4) is 0 Å². The Balaban J connectivity index is 1.48. The van der Waals surface area contributed by atoms with Crippen LogP contribution in [0.2, 0.25) is 0 Å². The van der Waals surface area contributed by atoms with Gasteiger partial charge in [0.1, 0.15) is 5.82 Å². The zero-order valence-corrected chi connectivity index (χ0v) is 13.4. The van der Waals surface area contributed by atoms with Gasteiger partial charge in [-0.1, -0.05) is 43.2 Å². The molecule has 0 spiro atoms.